The molecule has 1 atom stereocenters. The van der Waals surface area contributed by atoms with Crippen molar-refractivity contribution in [3.63, 3.8) is 0 Å². The molecule has 212 valence electrons. The fourth-order valence-electron chi connectivity index (χ4n) is 4.92. The third-order valence-electron chi connectivity index (χ3n) is 7.12. The van der Waals surface area contributed by atoms with Crippen molar-refractivity contribution in [2.45, 2.75) is 25.6 Å². The molecule has 0 radical (unpaired) electrons. The zero-order valence-corrected chi connectivity index (χ0v) is 23.2. The highest BCUT2D eigenvalue weighted by molar-refractivity contribution is 6.17. The molecule has 2 aliphatic heterocycles. The number of carbonyl (C=O) groups excluding carboxylic acids is 3. The van der Waals surface area contributed by atoms with Crippen molar-refractivity contribution < 1.29 is 19.1 Å². The Morgan fingerprint density at radius 3 is 2.12 bits per heavy atom. The van der Waals surface area contributed by atoms with Gasteiger partial charge in [-0.25, -0.2) is 4.79 Å². The molecule has 41 heavy (non-hydrogen) atoms. The number of anilines is 3. The van der Waals surface area contributed by atoms with E-state index in [1.54, 1.807) is 50.2 Å². The summed E-state index contributed by atoms with van der Waals surface area (Å²) >= 11 is 0. The molecule has 0 bridgehead atoms. The fraction of sp³-hybridized carbons (Fsp3) is 0.290. The molecular weight excluding hydrogens is 520 g/mol. The normalized spacial score (nSPS) is 17.6. The van der Waals surface area contributed by atoms with Gasteiger partial charge < -0.3 is 20.7 Å². The van der Waals surface area contributed by atoms with Gasteiger partial charge >= 0.3 is 6.03 Å². The van der Waals surface area contributed by atoms with Gasteiger partial charge in [-0.3, -0.25) is 24.4 Å². The lowest BCUT2D eigenvalue weighted by Gasteiger charge is -2.38. The monoisotopic (exact) mass is 554 g/mol. The van der Waals surface area contributed by atoms with Crippen LogP contribution in [0.2, 0.25) is 0 Å². The maximum absolute atomic E-state index is 14.3. The molecule has 4 amide bonds. The van der Waals surface area contributed by atoms with E-state index in [4.69, 9.17) is 9.73 Å². The Morgan fingerprint density at radius 2 is 1.46 bits per heavy atom. The van der Waals surface area contributed by atoms with Gasteiger partial charge in [-0.05, 0) is 44.2 Å². The minimum Gasteiger partial charge on any atom is -0.379 e. The number of nitrogens with one attached hydrogen (secondary N) is 3. The molecule has 1 unspecified atom stereocenters. The summed E-state index contributed by atoms with van der Waals surface area (Å²) in [5.74, 6) is -0.901. The van der Waals surface area contributed by atoms with Crippen LogP contribution in [0.3, 0.4) is 0 Å². The van der Waals surface area contributed by atoms with Gasteiger partial charge in [0.1, 0.15) is 5.54 Å². The molecule has 0 saturated carbocycles. The van der Waals surface area contributed by atoms with Gasteiger partial charge in [0.2, 0.25) is 12.1 Å². The molecule has 0 aromatic heterocycles. The Morgan fingerprint density at radius 1 is 0.878 bits per heavy atom. The molecule has 0 aliphatic carbocycles. The zero-order chi connectivity index (χ0) is 28.8. The summed E-state index contributed by atoms with van der Waals surface area (Å²) in [5.41, 5.74) is 1.76. The lowest BCUT2D eigenvalue weighted by atomic mass is 9.97. The molecule has 10 nitrogen and oxygen atoms in total. The van der Waals surface area contributed by atoms with E-state index in [1.807, 2.05) is 48.5 Å². The predicted molar refractivity (Wildman–Crippen MR) is 159 cm³/mol. The highest BCUT2D eigenvalue weighted by Gasteiger charge is 2.44. The van der Waals surface area contributed by atoms with E-state index in [9.17, 15) is 14.4 Å². The number of nitrogens with zero attached hydrogens (tertiary/aromatic N) is 3. The second-order valence-corrected chi connectivity index (χ2v) is 10.4. The van der Waals surface area contributed by atoms with Crippen LogP contribution in [-0.2, 0) is 14.3 Å². The lowest BCUT2D eigenvalue weighted by molar-refractivity contribution is -0.127. The van der Waals surface area contributed by atoms with Crippen molar-refractivity contribution in [1.82, 2.24) is 10.2 Å². The van der Waals surface area contributed by atoms with Gasteiger partial charge in [0.05, 0.1) is 24.6 Å². The molecule has 1 saturated heterocycles. The van der Waals surface area contributed by atoms with Gasteiger partial charge in [0, 0.05) is 36.6 Å². The Kier molecular flexibility index (Phi) is 8.42. The summed E-state index contributed by atoms with van der Waals surface area (Å²) in [6.45, 7) is 6.48. The van der Waals surface area contributed by atoms with Crippen molar-refractivity contribution in [1.29, 1.82) is 0 Å². The number of aliphatic imine (C=N–C) groups is 1. The van der Waals surface area contributed by atoms with Crippen molar-refractivity contribution in [3.8, 4) is 0 Å². The van der Waals surface area contributed by atoms with Crippen molar-refractivity contribution >= 4 is 40.6 Å². The maximum Gasteiger partial charge on any atom is 0.321 e. The number of amides is 4. The second kappa shape index (κ2) is 12.3. The number of fused-ring (bicyclic) bond motifs is 1. The number of hydrogen-bond acceptors (Lipinski definition) is 6. The van der Waals surface area contributed by atoms with E-state index in [1.165, 1.54) is 4.90 Å². The van der Waals surface area contributed by atoms with Crippen LogP contribution in [0.25, 0.3) is 0 Å². The van der Waals surface area contributed by atoms with E-state index >= 15 is 0 Å². The molecular formula is C31H34N6O4. The van der Waals surface area contributed by atoms with E-state index < -0.39 is 23.6 Å². The zero-order valence-electron chi connectivity index (χ0n) is 23.2. The number of morpholine rings is 1. The largest absolute Gasteiger partial charge is 0.379 e. The van der Waals surface area contributed by atoms with Crippen molar-refractivity contribution in [2.24, 2.45) is 4.99 Å². The number of rotatable bonds is 7. The topological polar surface area (TPSA) is 115 Å². The Bertz CT molecular complexity index is 1420. The van der Waals surface area contributed by atoms with E-state index in [0.29, 0.717) is 42.5 Å². The molecule has 1 fully saturated rings. The molecule has 2 heterocycles. The Balaban J connectivity index is 1.52. The lowest BCUT2D eigenvalue weighted by Crippen LogP contribution is -2.60. The first-order valence-corrected chi connectivity index (χ1v) is 13.6. The predicted octanol–water partition coefficient (Wildman–Crippen LogP) is 3.72. The Labute approximate surface area is 239 Å². The number of carbonyl (C=O) groups is 3. The quantitative estimate of drug-likeness (QED) is 0.412. The smallest absolute Gasteiger partial charge is 0.321 e. The number of benzene rings is 3. The van der Waals surface area contributed by atoms with Crippen LogP contribution in [0.5, 0.6) is 0 Å². The minimum absolute atomic E-state index is 0.379. The number of benzodiazepines with no additional fused rings is 1. The van der Waals surface area contributed by atoms with Crippen LogP contribution < -0.4 is 20.9 Å². The summed E-state index contributed by atoms with van der Waals surface area (Å²) in [6, 6.07) is 24.9. The van der Waals surface area contributed by atoms with Gasteiger partial charge in [-0.2, -0.15) is 0 Å². The molecule has 2 aliphatic rings. The summed E-state index contributed by atoms with van der Waals surface area (Å²) in [6.07, 6.45) is -1.27. The summed E-state index contributed by atoms with van der Waals surface area (Å²) < 4.78 is 5.51. The summed E-state index contributed by atoms with van der Waals surface area (Å²) in [7, 11) is 0. The molecule has 5 rings (SSSR count). The molecule has 0 spiro atoms. The first kappa shape index (κ1) is 28.0. The number of urea groups is 1. The average molecular weight is 555 g/mol. The third-order valence-corrected chi connectivity index (χ3v) is 7.12. The van der Waals surface area contributed by atoms with Crippen LogP contribution in [0.15, 0.2) is 89.9 Å². The molecule has 3 N–H and O–H groups in total. The van der Waals surface area contributed by atoms with Gasteiger partial charge in [0.15, 0.2) is 0 Å². The summed E-state index contributed by atoms with van der Waals surface area (Å²) in [4.78, 5) is 49.5. The first-order valence-electron chi connectivity index (χ1n) is 13.6. The van der Waals surface area contributed by atoms with E-state index in [0.717, 1.165) is 18.7 Å². The van der Waals surface area contributed by atoms with Crippen LogP contribution in [0.4, 0.5) is 21.9 Å². The standard InChI is InChI=1S/C31H34N6O4/c1-31(2,29(39)32-22-11-5-3-6-12-22)37-26-16-10-9-15-24(26)25(21-36-17-19-41-20-18-36)34-27(28(37)38)35-30(40)33-23-13-7-4-8-14-23/h3-16,27H,17-21H2,1-2H3,(H,32,39)(H2,33,35,40). The van der Waals surface area contributed by atoms with Crippen LogP contribution in [0.1, 0.15) is 19.4 Å². The number of ether oxygens (including phenoxy) is 1. The Hall–Kier alpha value is -4.54. The third kappa shape index (κ3) is 6.45. The fourth-order valence-corrected chi connectivity index (χ4v) is 4.92. The van der Waals surface area contributed by atoms with Gasteiger partial charge in [-0.1, -0.05) is 54.6 Å². The number of para-hydroxylation sites is 3. The number of hydrogen-bond donors (Lipinski definition) is 3. The SMILES string of the molecule is CC(C)(C(=O)Nc1ccccc1)N1C(=O)C(NC(=O)Nc2ccccc2)N=C(CN2CCOCC2)c2ccccc21. The van der Waals surface area contributed by atoms with Gasteiger partial charge in [0.25, 0.3) is 5.91 Å². The van der Waals surface area contributed by atoms with Crippen molar-refractivity contribution in [2.75, 3.05) is 48.4 Å². The highest BCUT2D eigenvalue weighted by Crippen LogP contribution is 2.33. The first-order chi connectivity index (χ1) is 19.8. The van der Waals surface area contributed by atoms with Crippen molar-refractivity contribution in [3.05, 3.63) is 90.5 Å². The maximum atomic E-state index is 14.3. The highest BCUT2D eigenvalue weighted by atomic mass is 16.5. The summed E-state index contributed by atoms with van der Waals surface area (Å²) in [5, 5.41) is 8.43. The average Bonchev–Trinajstić information content (AvgIpc) is 3.09. The van der Waals surface area contributed by atoms with E-state index in [-0.39, 0.29) is 5.91 Å². The molecule has 3 aromatic rings. The molecule has 3 aromatic carbocycles. The van der Waals surface area contributed by atoms with Crippen LogP contribution in [0, 0.1) is 0 Å². The van der Waals surface area contributed by atoms with E-state index in [2.05, 4.69) is 20.9 Å². The van der Waals surface area contributed by atoms with Crippen LogP contribution in [-0.4, -0.2) is 73.0 Å². The van der Waals surface area contributed by atoms with Crippen LogP contribution >= 0.6 is 0 Å². The van der Waals surface area contributed by atoms with Gasteiger partial charge in [-0.15, -0.1) is 0 Å². The second-order valence-electron chi connectivity index (χ2n) is 10.4. The minimum atomic E-state index is -1.34. The molecule has 10 heteroatoms.